The Hall–Kier alpha value is -3.40. The van der Waals surface area contributed by atoms with Gasteiger partial charge >= 0.3 is 11.9 Å². The highest BCUT2D eigenvalue weighted by molar-refractivity contribution is 6.16. The molecule has 4 heteroatoms. The molecule has 3 aromatic rings. The predicted molar refractivity (Wildman–Crippen MR) is 93.4 cm³/mol. The van der Waals surface area contributed by atoms with Crippen molar-refractivity contribution in [1.82, 2.24) is 0 Å². The van der Waals surface area contributed by atoms with Gasteiger partial charge in [0.15, 0.2) is 0 Å². The third kappa shape index (κ3) is 2.54. The van der Waals surface area contributed by atoms with Gasteiger partial charge in [-0.2, -0.15) is 0 Å². The number of carboxylic acids is 2. The second-order valence-electron chi connectivity index (χ2n) is 5.33. The number of rotatable bonds is 4. The molecule has 0 spiro atoms. The van der Waals surface area contributed by atoms with Crippen LogP contribution < -0.4 is 0 Å². The molecule has 0 amide bonds. The molecule has 4 nitrogen and oxygen atoms in total. The van der Waals surface area contributed by atoms with E-state index >= 15 is 0 Å². The summed E-state index contributed by atoms with van der Waals surface area (Å²) in [7, 11) is 0. The Morgan fingerprint density at radius 2 is 1.67 bits per heavy atom. The Balaban J connectivity index is 2.43. The van der Waals surface area contributed by atoms with Crippen LogP contribution in [0.3, 0.4) is 0 Å². The molecule has 0 heterocycles. The lowest BCUT2D eigenvalue weighted by molar-refractivity contribution is 0.0695. The lowest BCUT2D eigenvalue weighted by Gasteiger charge is -2.12. The molecule has 0 aliphatic rings. The number of fused-ring (bicyclic) bond motifs is 1. The maximum Gasteiger partial charge on any atom is 0.336 e. The fraction of sp³-hybridized carbons (Fsp3) is 0. The maximum atomic E-state index is 11.9. The fourth-order valence-corrected chi connectivity index (χ4v) is 2.85. The van der Waals surface area contributed by atoms with Gasteiger partial charge in [0.05, 0.1) is 11.1 Å². The molecule has 0 saturated heterocycles. The highest BCUT2D eigenvalue weighted by atomic mass is 16.4. The second kappa shape index (κ2) is 6.01. The van der Waals surface area contributed by atoms with E-state index in [-0.39, 0.29) is 16.5 Å². The molecule has 2 N–H and O–H groups in total. The minimum absolute atomic E-state index is 0.00767. The number of aromatic carboxylic acids is 2. The largest absolute Gasteiger partial charge is 0.478 e. The molecule has 24 heavy (non-hydrogen) atoms. The Bertz CT molecular complexity index is 986. The molecule has 3 aromatic carbocycles. The lowest BCUT2D eigenvalue weighted by atomic mass is 9.91. The first kappa shape index (κ1) is 15.5. The molecule has 0 unspecified atom stereocenters. The average molecular weight is 318 g/mol. The summed E-state index contributed by atoms with van der Waals surface area (Å²) in [5.41, 5.74) is 2.01. The topological polar surface area (TPSA) is 74.6 Å². The van der Waals surface area contributed by atoms with Crippen molar-refractivity contribution in [2.75, 3.05) is 0 Å². The molecule has 0 bridgehead atoms. The molecule has 0 fully saturated rings. The van der Waals surface area contributed by atoms with Crippen LogP contribution in [-0.2, 0) is 0 Å². The molecule has 0 aromatic heterocycles. The Morgan fingerprint density at radius 3 is 2.33 bits per heavy atom. The number of hydrogen-bond acceptors (Lipinski definition) is 2. The first-order chi connectivity index (χ1) is 11.5. The van der Waals surface area contributed by atoms with Gasteiger partial charge in [-0.25, -0.2) is 9.59 Å². The normalized spacial score (nSPS) is 10.5. The molecule has 3 rings (SSSR count). The highest BCUT2D eigenvalue weighted by Gasteiger charge is 2.20. The van der Waals surface area contributed by atoms with Gasteiger partial charge in [0, 0.05) is 5.39 Å². The molecule has 0 atom stereocenters. The summed E-state index contributed by atoms with van der Waals surface area (Å²) in [5.74, 6) is -2.31. The van der Waals surface area contributed by atoms with E-state index < -0.39 is 11.9 Å². The SMILES string of the molecule is C=Cc1cccc(-c2ccc3cccc(C(=O)O)c3c2C(=O)O)c1. The molecule has 0 aliphatic carbocycles. The van der Waals surface area contributed by atoms with Crippen LogP contribution in [-0.4, -0.2) is 22.2 Å². The molecule has 0 saturated carbocycles. The standard InChI is InChI=1S/C20H14O4/c1-2-12-5-3-7-14(11-12)15-10-9-13-6-4-8-16(19(21)22)17(13)18(15)20(23)24/h2-11H,1H2,(H,21,22)(H,23,24). The lowest BCUT2D eigenvalue weighted by Crippen LogP contribution is -2.06. The molecule has 0 aliphatic heterocycles. The van der Waals surface area contributed by atoms with Gasteiger partial charge in [0.1, 0.15) is 0 Å². The maximum absolute atomic E-state index is 11.9. The highest BCUT2D eigenvalue weighted by Crippen LogP contribution is 2.33. The van der Waals surface area contributed by atoms with Crippen LogP contribution in [0.15, 0.2) is 61.2 Å². The quantitative estimate of drug-likeness (QED) is 0.740. The van der Waals surface area contributed by atoms with E-state index in [0.717, 1.165) is 5.56 Å². The summed E-state index contributed by atoms with van der Waals surface area (Å²) < 4.78 is 0. The smallest absolute Gasteiger partial charge is 0.336 e. The van der Waals surface area contributed by atoms with Crippen molar-refractivity contribution >= 4 is 28.8 Å². The summed E-state index contributed by atoms with van der Waals surface area (Å²) in [5, 5.41) is 20.0. The van der Waals surface area contributed by atoms with Gasteiger partial charge in [0.2, 0.25) is 0 Å². The van der Waals surface area contributed by atoms with Crippen LogP contribution in [0, 0.1) is 0 Å². The fourth-order valence-electron chi connectivity index (χ4n) is 2.85. The van der Waals surface area contributed by atoms with E-state index in [4.69, 9.17) is 0 Å². The van der Waals surface area contributed by atoms with Gasteiger partial charge in [-0.1, -0.05) is 55.1 Å². The number of carboxylic acid groups (broad SMARTS) is 2. The van der Waals surface area contributed by atoms with E-state index in [0.29, 0.717) is 16.5 Å². The summed E-state index contributed by atoms with van der Waals surface area (Å²) in [6.07, 6.45) is 1.67. The number of hydrogen-bond donors (Lipinski definition) is 2. The number of carbonyl (C=O) groups is 2. The Labute approximate surface area is 138 Å². The van der Waals surface area contributed by atoms with Crippen molar-refractivity contribution in [3.63, 3.8) is 0 Å². The minimum Gasteiger partial charge on any atom is -0.478 e. The molecule has 0 radical (unpaired) electrons. The zero-order valence-corrected chi connectivity index (χ0v) is 12.7. The van der Waals surface area contributed by atoms with Gasteiger partial charge in [-0.3, -0.25) is 0 Å². The summed E-state index contributed by atoms with van der Waals surface area (Å²) in [4.78, 5) is 23.5. The van der Waals surface area contributed by atoms with Gasteiger partial charge in [0.25, 0.3) is 0 Å². The van der Waals surface area contributed by atoms with E-state index in [1.54, 1.807) is 36.4 Å². The summed E-state index contributed by atoms with van der Waals surface area (Å²) in [6.45, 7) is 3.72. The first-order valence-corrected chi connectivity index (χ1v) is 7.28. The van der Waals surface area contributed by atoms with Crippen LogP contribution in [0.4, 0.5) is 0 Å². The second-order valence-corrected chi connectivity index (χ2v) is 5.33. The van der Waals surface area contributed by atoms with E-state index in [2.05, 4.69) is 6.58 Å². The predicted octanol–water partition coefficient (Wildman–Crippen LogP) is 4.55. The van der Waals surface area contributed by atoms with Crippen LogP contribution in [0.1, 0.15) is 26.3 Å². The van der Waals surface area contributed by atoms with Crippen LogP contribution >= 0.6 is 0 Å². The number of benzene rings is 3. The summed E-state index contributed by atoms with van der Waals surface area (Å²) in [6, 6.07) is 15.5. The van der Waals surface area contributed by atoms with E-state index in [1.807, 2.05) is 18.2 Å². The zero-order chi connectivity index (χ0) is 17.3. The van der Waals surface area contributed by atoms with Gasteiger partial charge < -0.3 is 10.2 Å². The Kier molecular flexibility index (Phi) is 3.88. The minimum atomic E-state index is -1.16. The van der Waals surface area contributed by atoms with Crippen molar-refractivity contribution in [2.24, 2.45) is 0 Å². The summed E-state index contributed by atoms with van der Waals surface area (Å²) >= 11 is 0. The van der Waals surface area contributed by atoms with Crippen LogP contribution in [0.25, 0.3) is 28.0 Å². The van der Waals surface area contributed by atoms with Crippen molar-refractivity contribution < 1.29 is 19.8 Å². The third-order valence-corrected chi connectivity index (χ3v) is 3.92. The van der Waals surface area contributed by atoms with E-state index in [9.17, 15) is 19.8 Å². The zero-order valence-electron chi connectivity index (χ0n) is 12.7. The average Bonchev–Trinajstić information content (AvgIpc) is 2.59. The van der Waals surface area contributed by atoms with Crippen molar-refractivity contribution in [1.29, 1.82) is 0 Å². The molecular weight excluding hydrogens is 304 g/mol. The van der Waals surface area contributed by atoms with Gasteiger partial charge in [-0.15, -0.1) is 0 Å². The molecule has 118 valence electrons. The Morgan fingerprint density at radius 1 is 0.917 bits per heavy atom. The van der Waals surface area contributed by atoms with Crippen LogP contribution in [0.2, 0.25) is 0 Å². The third-order valence-electron chi connectivity index (χ3n) is 3.92. The van der Waals surface area contributed by atoms with Gasteiger partial charge in [-0.05, 0) is 34.2 Å². The monoisotopic (exact) mass is 318 g/mol. The first-order valence-electron chi connectivity index (χ1n) is 7.28. The van der Waals surface area contributed by atoms with Crippen molar-refractivity contribution in [3.8, 4) is 11.1 Å². The van der Waals surface area contributed by atoms with Crippen molar-refractivity contribution in [3.05, 3.63) is 77.9 Å². The van der Waals surface area contributed by atoms with Crippen LogP contribution in [0.5, 0.6) is 0 Å². The van der Waals surface area contributed by atoms with Crippen molar-refractivity contribution in [2.45, 2.75) is 0 Å². The van der Waals surface area contributed by atoms with E-state index in [1.165, 1.54) is 6.07 Å². The molecular formula is C20H14O4.